The summed E-state index contributed by atoms with van der Waals surface area (Å²) in [6.07, 6.45) is 6.24. The number of hydrogen-bond acceptors (Lipinski definition) is 3. The molecule has 0 atom stereocenters. The summed E-state index contributed by atoms with van der Waals surface area (Å²) in [4.78, 5) is 14.6. The lowest BCUT2D eigenvalue weighted by Crippen LogP contribution is -2.44. The van der Waals surface area contributed by atoms with Gasteiger partial charge in [0.05, 0.1) is 6.54 Å². The molecule has 0 saturated heterocycles. The van der Waals surface area contributed by atoms with Crippen molar-refractivity contribution in [1.82, 2.24) is 4.90 Å². The van der Waals surface area contributed by atoms with Crippen LogP contribution in [0.4, 0.5) is 5.69 Å². The van der Waals surface area contributed by atoms with E-state index >= 15 is 0 Å². The van der Waals surface area contributed by atoms with Gasteiger partial charge in [-0.25, -0.2) is 0 Å². The number of nitrogens with two attached hydrogens (primary N) is 1. The predicted octanol–water partition coefficient (Wildman–Crippen LogP) is 2.53. The van der Waals surface area contributed by atoms with E-state index in [9.17, 15) is 4.79 Å². The van der Waals surface area contributed by atoms with Crippen LogP contribution in [-0.2, 0) is 4.79 Å². The van der Waals surface area contributed by atoms with Gasteiger partial charge in [0.15, 0.2) is 0 Å². The number of hydrogen-bond donors (Lipinski definition) is 2. The largest absolute Gasteiger partial charge is 0.329 e. The molecule has 0 bridgehead atoms. The number of para-hydroxylation sites is 1. The summed E-state index contributed by atoms with van der Waals surface area (Å²) >= 11 is 0. The van der Waals surface area contributed by atoms with Crippen molar-refractivity contribution < 1.29 is 4.79 Å². The zero-order valence-corrected chi connectivity index (χ0v) is 13.0. The Bertz CT molecular complexity index is 455. The van der Waals surface area contributed by atoms with Crippen LogP contribution in [0.1, 0.15) is 37.7 Å². The molecule has 1 aromatic carbocycles. The Hall–Kier alpha value is -1.39. The fraction of sp³-hybridized carbons (Fsp3) is 0.588. The minimum absolute atomic E-state index is 0.0586. The van der Waals surface area contributed by atoms with Crippen LogP contribution in [0.25, 0.3) is 0 Å². The maximum Gasteiger partial charge on any atom is 0.238 e. The zero-order valence-electron chi connectivity index (χ0n) is 13.0. The first-order chi connectivity index (χ1) is 10.2. The third-order valence-electron chi connectivity index (χ3n) is 4.27. The number of rotatable bonds is 6. The number of carbonyl (C=O) groups excluding carboxylic acids is 1. The van der Waals surface area contributed by atoms with Gasteiger partial charge in [-0.3, -0.25) is 9.69 Å². The fourth-order valence-corrected chi connectivity index (χ4v) is 3.09. The van der Waals surface area contributed by atoms with Crippen molar-refractivity contribution in [3.63, 3.8) is 0 Å². The predicted molar refractivity (Wildman–Crippen MR) is 87.3 cm³/mol. The summed E-state index contributed by atoms with van der Waals surface area (Å²) in [5.74, 6) is 0.0586. The van der Waals surface area contributed by atoms with Crippen LogP contribution in [0.5, 0.6) is 0 Å². The number of anilines is 1. The molecular formula is C17H27N3O. The summed E-state index contributed by atoms with van der Waals surface area (Å²) in [6.45, 7) is 3.85. The summed E-state index contributed by atoms with van der Waals surface area (Å²) < 4.78 is 0. The second kappa shape index (κ2) is 8.15. The third kappa shape index (κ3) is 4.83. The van der Waals surface area contributed by atoms with E-state index in [0.29, 0.717) is 19.1 Å². The van der Waals surface area contributed by atoms with Crippen LogP contribution < -0.4 is 11.1 Å². The van der Waals surface area contributed by atoms with Crippen molar-refractivity contribution in [3.05, 3.63) is 29.8 Å². The minimum Gasteiger partial charge on any atom is -0.329 e. The van der Waals surface area contributed by atoms with E-state index in [1.165, 1.54) is 32.1 Å². The second-order valence-corrected chi connectivity index (χ2v) is 5.91. The Balaban J connectivity index is 1.93. The van der Waals surface area contributed by atoms with E-state index in [1.807, 2.05) is 31.2 Å². The molecule has 1 aromatic rings. The normalized spacial score (nSPS) is 16.1. The Morgan fingerprint density at radius 3 is 2.67 bits per heavy atom. The number of carbonyl (C=O) groups is 1. The molecule has 0 aromatic heterocycles. The monoisotopic (exact) mass is 289 g/mol. The van der Waals surface area contributed by atoms with Crippen LogP contribution in [0.3, 0.4) is 0 Å². The lowest BCUT2D eigenvalue weighted by atomic mass is 9.94. The molecule has 4 nitrogen and oxygen atoms in total. The standard InChI is InChI=1S/C17H27N3O/c1-14-7-5-6-10-16(14)19-17(21)13-20(12-11-18)15-8-3-2-4-9-15/h5-7,10,15H,2-4,8-9,11-13,18H2,1H3,(H,19,21). The fourth-order valence-electron chi connectivity index (χ4n) is 3.09. The number of nitrogens with zero attached hydrogens (tertiary/aromatic N) is 1. The van der Waals surface area contributed by atoms with Crippen LogP contribution in [-0.4, -0.2) is 36.5 Å². The smallest absolute Gasteiger partial charge is 0.238 e. The molecule has 21 heavy (non-hydrogen) atoms. The van der Waals surface area contributed by atoms with E-state index in [0.717, 1.165) is 17.8 Å². The maximum absolute atomic E-state index is 12.3. The van der Waals surface area contributed by atoms with Crippen LogP contribution in [0.2, 0.25) is 0 Å². The topological polar surface area (TPSA) is 58.4 Å². The van der Waals surface area contributed by atoms with E-state index in [1.54, 1.807) is 0 Å². The van der Waals surface area contributed by atoms with Gasteiger partial charge in [-0.05, 0) is 31.4 Å². The SMILES string of the molecule is Cc1ccccc1NC(=O)CN(CCN)C1CCCCC1. The van der Waals surface area contributed by atoms with Gasteiger partial charge in [0, 0.05) is 24.8 Å². The molecular weight excluding hydrogens is 262 g/mol. The molecule has 1 saturated carbocycles. The molecule has 0 aliphatic heterocycles. The van der Waals surface area contributed by atoms with Crippen molar-refractivity contribution in [2.45, 2.75) is 45.1 Å². The van der Waals surface area contributed by atoms with E-state index in [4.69, 9.17) is 5.73 Å². The Labute approximate surface area is 127 Å². The van der Waals surface area contributed by atoms with Crippen molar-refractivity contribution in [1.29, 1.82) is 0 Å². The van der Waals surface area contributed by atoms with Crippen LogP contribution >= 0.6 is 0 Å². The van der Waals surface area contributed by atoms with Crippen molar-refractivity contribution in [2.75, 3.05) is 25.0 Å². The highest BCUT2D eigenvalue weighted by molar-refractivity contribution is 5.92. The summed E-state index contributed by atoms with van der Waals surface area (Å²) in [7, 11) is 0. The van der Waals surface area contributed by atoms with E-state index in [2.05, 4.69) is 10.2 Å². The van der Waals surface area contributed by atoms with Gasteiger partial charge >= 0.3 is 0 Å². The quantitative estimate of drug-likeness (QED) is 0.846. The highest BCUT2D eigenvalue weighted by atomic mass is 16.2. The van der Waals surface area contributed by atoms with E-state index in [-0.39, 0.29) is 5.91 Å². The number of nitrogens with one attached hydrogen (secondary N) is 1. The average Bonchev–Trinajstić information content (AvgIpc) is 2.50. The minimum atomic E-state index is 0.0586. The number of aryl methyl sites for hydroxylation is 1. The Kier molecular flexibility index (Phi) is 6.21. The third-order valence-corrected chi connectivity index (χ3v) is 4.27. The van der Waals surface area contributed by atoms with Gasteiger partial charge in [0.2, 0.25) is 5.91 Å². The molecule has 1 amide bonds. The first-order valence-electron chi connectivity index (χ1n) is 8.00. The molecule has 2 rings (SSSR count). The lowest BCUT2D eigenvalue weighted by Gasteiger charge is -2.33. The molecule has 0 heterocycles. The number of amides is 1. The van der Waals surface area contributed by atoms with Crippen LogP contribution in [0.15, 0.2) is 24.3 Å². The van der Waals surface area contributed by atoms with Gasteiger partial charge in [0.25, 0.3) is 0 Å². The summed E-state index contributed by atoms with van der Waals surface area (Å²) in [6, 6.07) is 8.40. The number of benzene rings is 1. The van der Waals surface area contributed by atoms with Gasteiger partial charge in [-0.2, -0.15) is 0 Å². The Morgan fingerprint density at radius 2 is 2.00 bits per heavy atom. The molecule has 4 heteroatoms. The molecule has 116 valence electrons. The lowest BCUT2D eigenvalue weighted by molar-refractivity contribution is -0.118. The molecule has 1 aliphatic carbocycles. The highest BCUT2D eigenvalue weighted by Crippen LogP contribution is 2.22. The molecule has 3 N–H and O–H groups in total. The summed E-state index contributed by atoms with van der Waals surface area (Å²) in [5, 5.41) is 3.02. The molecule has 0 radical (unpaired) electrons. The van der Waals surface area contributed by atoms with Gasteiger partial charge < -0.3 is 11.1 Å². The van der Waals surface area contributed by atoms with Gasteiger partial charge in [-0.1, -0.05) is 37.5 Å². The zero-order chi connectivity index (χ0) is 15.1. The van der Waals surface area contributed by atoms with Crippen LogP contribution in [0, 0.1) is 6.92 Å². The van der Waals surface area contributed by atoms with Crippen molar-refractivity contribution in [3.8, 4) is 0 Å². The average molecular weight is 289 g/mol. The molecule has 0 spiro atoms. The van der Waals surface area contributed by atoms with E-state index < -0.39 is 0 Å². The van der Waals surface area contributed by atoms with Crippen molar-refractivity contribution in [2.24, 2.45) is 5.73 Å². The molecule has 0 unspecified atom stereocenters. The highest BCUT2D eigenvalue weighted by Gasteiger charge is 2.22. The van der Waals surface area contributed by atoms with Gasteiger partial charge in [-0.15, -0.1) is 0 Å². The first-order valence-corrected chi connectivity index (χ1v) is 8.00. The van der Waals surface area contributed by atoms with Gasteiger partial charge in [0.1, 0.15) is 0 Å². The molecule has 1 fully saturated rings. The summed E-state index contributed by atoms with van der Waals surface area (Å²) in [5.41, 5.74) is 7.71. The van der Waals surface area contributed by atoms with Crippen molar-refractivity contribution >= 4 is 11.6 Å². The molecule has 1 aliphatic rings. The first kappa shape index (κ1) is 16.0. The Morgan fingerprint density at radius 1 is 1.29 bits per heavy atom. The maximum atomic E-state index is 12.3. The second-order valence-electron chi connectivity index (χ2n) is 5.91.